The second kappa shape index (κ2) is 6.35. The fourth-order valence-corrected chi connectivity index (χ4v) is 4.05. The summed E-state index contributed by atoms with van der Waals surface area (Å²) < 4.78 is 25.3. The highest BCUT2D eigenvalue weighted by atomic mass is 32.2. The summed E-state index contributed by atoms with van der Waals surface area (Å²) in [6.45, 7) is 1.39. The molecule has 0 heterocycles. The average Bonchev–Trinajstić information content (AvgIpc) is 2.26. The zero-order chi connectivity index (χ0) is 12.9. The van der Waals surface area contributed by atoms with E-state index in [-0.39, 0.29) is 11.8 Å². The summed E-state index contributed by atoms with van der Waals surface area (Å²) in [6, 6.07) is -0.114. The predicted molar refractivity (Wildman–Crippen MR) is 65.3 cm³/mol. The molecule has 0 bridgehead atoms. The number of carbonyl (C=O) groups is 1. The van der Waals surface area contributed by atoms with Gasteiger partial charge in [-0.25, -0.2) is 8.42 Å². The van der Waals surface area contributed by atoms with Crippen molar-refractivity contribution in [1.82, 2.24) is 4.31 Å². The maximum absolute atomic E-state index is 12.0. The first kappa shape index (κ1) is 14.4. The van der Waals surface area contributed by atoms with Crippen LogP contribution in [-0.4, -0.2) is 42.1 Å². The van der Waals surface area contributed by atoms with Crippen LogP contribution in [0.15, 0.2) is 0 Å². The summed E-state index contributed by atoms with van der Waals surface area (Å²) in [7, 11) is -3.41. The number of nitrogens with zero attached hydrogens (tertiary/aromatic N) is 1. The van der Waals surface area contributed by atoms with Crippen molar-refractivity contribution in [2.45, 2.75) is 51.5 Å². The highest BCUT2D eigenvalue weighted by Gasteiger charge is 2.31. The molecule has 0 aromatic rings. The van der Waals surface area contributed by atoms with Crippen LogP contribution >= 0.6 is 0 Å². The Labute approximate surface area is 103 Å². The summed E-state index contributed by atoms with van der Waals surface area (Å²) >= 11 is 0. The van der Waals surface area contributed by atoms with Crippen molar-refractivity contribution in [3.05, 3.63) is 0 Å². The van der Waals surface area contributed by atoms with Gasteiger partial charge in [-0.15, -0.1) is 0 Å². The van der Waals surface area contributed by atoms with Crippen molar-refractivity contribution in [3.8, 4) is 0 Å². The molecule has 6 heteroatoms. The minimum Gasteiger partial charge on any atom is -0.480 e. The van der Waals surface area contributed by atoms with Gasteiger partial charge in [0.2, 0.25) is 10.0 Å². The smallest absolute Gasteiger partial charge is 0.318 e. The largest absolute Gasteiger partial charge is 0.480 e. The lowest BCUT2D eigenvalue weighted by Gasteiger charge is -2.32. The van der Waals surface area contributed by atoms with Crippen molar-refractivity contribution < 1.29 is 18.3 Å². The maximum Gasteiger partial charge on any atom is 0.318 e. The van der Waals surface area contributed by atoms with Crippen LogP contribution in [0.4, 0.5) is 0 Å². The van der Waals surface area contributed by atoms with Gasteiger partial charge in [0, 0.05) is 6.04 Å². The van der Waals surface area contributed by atoms with E-state index in [1.807, 2.05) is 0 Å². The first-order chi connectivity index (χ1) is 7.97. The Morgan fingerprint density at radius 1 is 1.29 bits per heavy atom. The molecular formula is C11H21NO4S. The number of carboxylic acids is 1. The first-order valence-corrected chi connectivity index (χ1v) is 7.79. The van der Waals surface area contributed by atoms with Gasteiger partial charge in [0.1, 0.15) is 6.54 Å². The maximum atomic E-state index is 12.0. The third-order valence-electron chi connectivity index (χ3n) is 3.09. The molecule has 0 amide bonds. The predicted octanol–water partition coefficient (Wildman–Crippen LogP) is 1.45. The monoisotopic (exact) mass is 263 g/mol. The zero-order valence-electron chi connectivity index (χ0n) is 10.3. The topological polar surface area (TPSA) is 74.7 Å². The van der Waals surface area contributed by atoms with Crippen molar-refractivity contribution in [2.75, 3.05) is 12.3 Å². The lowest BCUT2D eigenvalue weighted by Crippen LogP contribution is -2.45. The van der Waals surface area contributed by atoms with E-state index in [2.05, 4.69) is 0 Å². The van der Waals surface area contributed by atoms with Gasteiger partial charge in [-0.2, -0.15) is 4.31 Å². The Hall–Kier alpha value is -0.620. The second-order valence-electron chi connectivity index (χ2n) is 4.55. The molecule has 0 atom stereocenters. The van der Waals surface area contributed by atoms with Gasteiger partial charge in [0.25, 0.3) is 0 Å². The molecule has 1 aliphatic rings. The number of hydrogen-bond donors (Lipinski definition) is 1. The summed E-state index contributed by atoms with van der Waals surface area (Å²) in [5.41, 5.74) is 0. The highest BCUT2D eigenvalue weighted by molar-refractivity contribution is 7.89. The van der Waals surface area contributed by atoms with Gasteiger partial charge in [-0.3, -0.25) is 4.79 Å². The summed E-state index contributed by atoms with van der Waals surface area (Å²) in [5, 5.41) is 8.84. The molecule has 1 N–H and O–H groups in total. The SMILES string of the molecule is CCCS(=O)(=O)N(CC(=O)O)C1CCCCC1. The summed E-state index contributed by atoms with van der Waals surface area (Å²) in [4.78, 5) is 10.8. The second-order valence-corrected chi connectivity index (χ2v) is 6.59. The molecule has 1 rings (SSSR count). The van der Waals surface area contributed by atoms with Crippen LogP contribution < -0.4 is 0 Å². The van der Waals surface area contributed by atoms with Crippen molar-refractivity contribution in [1.29, 1.82) is 0 Å². The number of sulfonamides is 1. The molecule has 1 aliphatic carbocycles. The molecule has 1 fully saturated rings. The van der Waals surface area contributed by atoms with E-state index in [0.717, 1.165) is 32.1 Å². The third kappa shape index (κ3) is 4.27. The van der Waals surface area contributed by atoms with Crippen LogP contribution in [-0.2, 0) is 14.8 Å². The number of carboxylic acid groups (broad SMARTS) is 1. The highest BCUT2D eigenvalue weighted by Crippen LogP contribution is 2.24. The molecule has 0 spiro atoms. The van der Waals surface area contributed by atoms with E-state index in [1.54, 1.807) is 6.92 Å². The Morgan fingerprint density at radius 3 is 2.35 bits per heavy atom. The van der Waals surface area contributed by atoms with E-state index in [4.69, 9.17) is 5.11 Å². The van der Waals surface area contributed by atoms with E-state index < -0.39 is 22.5 Å². The molecule has 0 unspecified atom stereocenters. The fraction of sp³-hybridized carbons (Fsp3) is 0.909. The Morgan fingerprint density at radius 2 is 1.88 bits per heavy atom. The molecule has 100 valence electrons. The minimum absolute atomic E-state index is 0.0385. The Kier molecular flexibility index (Phi) is 5.39. The molecule has 0 aromatic carbocycles. The summed E-state index contributed by atoms with van der Waals surface area (Å²) in [5.74, 6) is -1.04. The van der Waals surface area contributed by atoms with Crippen LogP contribution in [0, 0.1) is 0 Å². The number of rotatable bonds is 6. The van der Waals surface area contributed by atoms with Gasteiger partial charge in [0.15, 0.2) is 0 Å². The van der Waals surface area contributed by atoms with Crippen LogP contribution in [0.1, 0.15) is 45.4 Å². The molecule has 5 nitrogen and oxygen atoms in total. The quantitative estimate of drug-likeness (QED) is 0.787. The van der Waals surface area contributed by atoms with Crippen molar-refractivity contribution in [3.63, 3.8) is 0 Å². The zero-order valence-corrected chi connectivity index (χ0v) is 11.1. The Balaban J connectivity index is 2.81. The lowest BCUT2D eigenvalue weighted by atomic mass is 9.95. The molecular weight excluding hydrogens is 242 g/mol. The van der Waals surface area contributed by atoms with E-state index in [0.29, 0.717) is 6.42 Å². The van der Waals surface area contributed by atoms with Gasteiger partial charge >= 0.3 is 5.97 Å². The summed E-state index contributed by atoms with van der Waals surface area (Å²) in [6.07, 6.45) is 5.19. The van der Waals surface area contributed by atoms with Gasteiger partial charge in [-0.05, 0) is 19.3 Å². The third-order valence-corrected chi connectivity index (χ3v) is 5.16. The fourth-order valence-electron chi connectivity index (χ4n) is 2.33. The van der Waals surface area contributed by atoms with Crippen LogP contribution in [0.5, 0.6) is 0 Å². The lowest BCUT2D eigenvalue weighted by molar-refractivity contribution is -0.137. The number of aliphatic carboxylic acids is 1. The van der Waals surface area contributed by atoms with Crippen molar-refractivity contribution >= 4 is 16.0 Å². The standard InChI is InChI=1S/C11H21NO4S/c1-2-8-17(15,16)12(9-11(13)14)10-6-4-3-5-7-10/h10H,2-9H2,1H3,(H,13,14). The van der Waals surface area contributed by atoms with Gasteiger partial charge in [0.05, 0.1) is 5.75 Å². The van der Waals surface area contributed by atoms with Crippen LogP contribution in [0.25, 0.3) is 0 Å². The normalized spacial score (nSPS) is 18.5. The molecule has 17 heavy (non-hydrogen) atoms. The van der Waals surface area contributed by atoms with Gasteiger partial charge < -0.3 is 5.11 Å². The number of hydrogen-bond acceptors (Lipinski definition) is 3. The van der Waals surface area contributed by atoms with E-state index in [1.165, 1.54) is 4.31 Å². The molecule has 0 radical (unpaired) electrons. The Bertz CT molecular complexity index is 346. The van der Waals surface area contributed by atoms with Crippen molar-refractivity contribution in [2.24, 2.45) is 0 Å². The molecule has 0 aromatic heterocycles. The van der Waals surface area contributed by atoms with E-state index >= 15 is 0 Å². The van der Waals surface area contributed by atoms with E-state index in [9.17, 15) is 13.2 Å². The van der Waals surface area contributed by atoms with Crippen LogP contribution in [0.2, 0.25) is 0 Å². The molecule has 0 aliphatic heterocycles. The minimum atomic E-state index is -3.41. The van der Waals surface area contributed by atoms with Gasteiger partial charge in [-0.1, -0.05) is 26.2 Å². The van der Waals surface area contributed by atoms with Crippen LogP contribution in [0.3, 0.4) is 0 Å². The molecule has 1 saturated carbocycles. The first-order valence-electron chi connectivity index (χ1n) is 6.18. The average molecular weight is 263 g/mol. The molecule has 0 saturated heterocycles.